The first kappa shape index (κ1) is 20.1. The zero-order chi connectivity index (χ0) is 19.4. The molecule has 1 heterocycles. The van der Waals surface area contributed by atoms with E-state index in [9.17, 15) is 0 Å². The Morgan fingerprint density at radius 2 is 2.07 bits per heavy atom. The molecule has 4 nitrogen and oxygen atoms in total. The third-order valence-electron chi connectivity index (χ3n) is 6.53. The summed E-state index contributed by atoms with van der Waals surface area (Å²) in [6.07, 6.45) is 13.7. The molecule has 4 rings (SSSR count). The van der Waals surface area contributed by atoms with Crippen molar-refractivity contribution in [1.82, 2.24) is 9.55 Å². The predicted molar refractivity (Wildman–Crippen MR) is 111 cm³/mol. The Morgan fingerprint density at radius 3 is 2.74 bits per heavy atom. The van der Waals surface area contributed by atoms with Crippen LogP contribution in [0, 0.1) is 5.92 Å². The molecule has 0 spiro atoms. The van der Waals surface area contributed by atoms with Crippen LogP contribution in [0.5, 0.6) is 0 Å². The van der Waals surface area contributed by atoms with Crippen molar-refractivity contribution >= 4 is 0 Å². The predicted octanol–water partition coefficient (Wildman–Crippen LogP) is 3.75. The number of nitrogens with two attached hydrogens (primary N) is 1. The van der Waals surface area contributed by atoms with Crippen molar-refractivity contribution in [3.63, 3.8) is 0 Å². The molecule has 0 bridgehead atoms. The number of aryl methyl sites for hydroxylation is 3. The molecular weight excluding hydrogens is 334 g/mol. The van der Waals surface area contributed by atoms with Crippen molar-refractivity contribution in [1.29, 1.82) is 0 Å². The van der Waals surface area contributed by atoms with Crippen LogP contribution in [0.2, 0.25) is 0 Å². The lowest BCUT2D eigenvalue weighted by Crippen LogP contribution is -2.32. The van der Waals surface area contributed by atoms with Gasteiger partial charge in [0.05, 0.1) is 6.33 Å². The summed E-state index contributed by atoms with van der Waals surface area (Å²) in [6.45, 7) is 2.21. The second kappa shape index (κ2) is 8.57. The number of aliphatic hydroxyl groups excluding tert-OH is 1. The van der Waals surface area contributed by atoms with Crippen LogP contribution in [0.15, 0.2) is 30.7 Å². The summed E-state index contributed by atoms with van der Waals surface area (Å²) in [5.74, 6) is 1.48. The molecule has 27 heavy (non-hydrogen) atoms. The molecule has 1 aromatic carbocycles. The fourth-order valence-electron chi connectivity index (χ4n) is 4.88. The second-order valence-electron chi connectivity index (χ2n) is 8.77. The summed E-state index contributed by atoms with van der Waals surface area (Å²) in [4.78, 5) is 4.23. The number of aromatic nitrogens is 2. The van der Waals surface area contributed by atoms with Crippen LogP contribution in [-0.2, 0) is 26.3 Å². The van der Waals surface area contributed by atoms with Crippen molar-refractivity contribution in [3.8, 4) is 0 Å². The highest BCUT2D eigenvalue weighted by molar-refractivity contribution is 5.36. The number of benzene rings is 1. The van der Waals surface area contributed by atoms with E-state index in [4.69, 9.17) is 10.8 Å². The van der Waals surface area contributed by atoms with Crippen LogP contribution in [0.4, 0.5) is 0 Å². The zero-order valence-corrected chi connectivity index (χ0v) is 17.1. The summed E-state index contributed by atoms with van der Waals surface area (Å²) in [5, 5.41) is 7.00. The maximum absolute atomic E-state index is 7.00. The maximum atomic E-state index is 7.00. The highest BCUT2D eigenvalue weighted by Crippen LogP contribution is 2.40. The van der Waals surface area contributed by atoms with Gasteiger partial charge in [-0.2, -0.15) is 0 Å². The monoisotopic (exact) mass is 369 g/mol. The number of nitrogens with zero attached hydrogens (tertiary/aromatic N) is 2. The van der Waals surface area contributed by atoms with Gasteiger partial charge in [0.25, 0.3) is 0 Å². The first-order valence-electron chi connectivity index (χ1n) is 10.3. The molecule has 0 radical (unpaired) electrons. The smallest absolute Gasteiger partial charge is 0.0945 e. The molecule has 2 aromatic rings. The van der Waals surface area contributed by atoms with Gasteiger partial charge in [-0.05, 0) is 86.8 Å². The minimum Gasteiger partial charge on any atom is -0.400 e. The van der Waals surface area contributed by atoms with E-state index >= 15 is 0 Å². The SMILES string of the molecule is CO.Cn1cncc1CCC1CCc2cc([C@H]3CC[C@@](C)(N)C3)ccc2C1. The highest BCUT2D eigenvalue weighted by atomic mass is 16.2. The number of hydrogen-bond acceptors (Lipinski definition) is 3. The van der Waals surface area contributed by atoms with Gasteiger partial charge in [0.15, 0.2) is 0 Å². The molecule has 148 valence electrons. The molecule has 1 fully saturated rings. The molecule has 3 N–H and O–H groups in total. The number of imidazole rings is 1. The van der Waals surface area contributed by atoms with Gasteiger partial charge < -0.3 is 15.4 Å². The van der Waals surface area contributed by atoms with Crippen molar-refractivity contribution in [2.45, 2.75) is 69.7 Å². The molecule has 1 aromatic heterocycles. The number of rotatable bonds is 4. The lowest BCUT2D eigenvalue weighted by atomic mass is 9.80. The highest BCUT2D eigenvalue weighted by Gasteiger charge is 2.32. The molecule has 2 aliphatic carbocycles. The molecule has 1 saturated carbocycles. The first-order chi connectivity index (χ1) is 13.0. The van der Waals surface area contributed by atoms with E-state index in [1.54, 1.807) is 11.1 Å². The fraction of sp³-hybridized carbons (Fsp3) is 0.609. The summed E-state index contributed by atoms with van der Waals surface area (Å²) in [7, 11) is 3.09. The average molecular weight is 370 g/mol. The standard InChI is InChI=1S/C22H31N3.CH4O/c1-22(23)10-9-20(13-22)19-7-6-17-11-16(3-5-18(17)12-19)4-8-21-14-24-15-25(21)2;1-2/h6-7,12,14-16,20H,3-5,8-11,13,23H2,1-2H3;2H,1H3/t16?,20-,22+;/m0./s1. The van der Waals surface area contributed by atoms with Gasteiger partial charge in [-0.25, -0.2) is 4.98 Å². The first-order valence-corrected chi connectivity index (χ1v) is 10.3. The van der Waals surface area contributed by atoms with Gasteiger partial charge in [0, 0.05) is 31.6 Å². The van der Waals surface area contributed by atoms with E-state index < -0.39 is 0 Å². The van der Waals surface area contributed by atoms with Crippen LogP contribution in [0.25, 0.3) is 0 Å². The molecule has 0 amide bonds. The van der Waals surface area contributed by atoms with E-state index in [0.717, 1.165) is 32.3 Å². The Morgan fingerprint density at radius 1 is 1.26 bits per heavy atom. The van der Waals surface area contributed by atoms with Crippen LogP contribution in [-0.4, -0.2) is 27.3 Å². The Balaban J connectivity index is 0.00000102. The Labute approximate surface area is 163 Å². The summed E-state index contributed by atoms with van der Waals surface area (Å²) >= 11 is 0. The maximum Gasteiger partial charge on any atom is 0.0945 e. The van der Waals surface area contributed by atoms with Crippen molar-refractivity contribution in [2.24, 2.45) is 18.7 Å². The Bertz CT molecular complexity index is 750. The average Bonchev–Trinajstić information content (AvgIpc) is 3.25. The molecule has 2 aliphatic rings. The third kappa shape index (κ3) is 4.80. The van der Waals surface area contributed by atoms with Gasteiger partial charge in [-0.1, -0.05) is 18.2 Å². The summed E-state index contributed by atoms with van der Waals surface area (Å²) in [6, 6.07) is 7.29. The van der Waals surface area contributed by atoms with E-state index in [2.05, 4.69) is 41.7 Å². The van der Waals surface area contributed by atoms with Gasteiger partial charge >= 0.3 is 0 Å². The molecule has 1 unspecified atom stereocenters. The Hall–Kier alpha value is -1.65. The topological polar surface area (TPSA) is 64.1 Å². The molecule has 0 saturated heterocycles. The van der Waals surface area contributed by atoms with E-state index in [1.165, 1.54) is 43.4 Å². The van der Waals surface area contributed by atoms with Gasteiger partial charge in [-0.15, -0.1) is 0 Å². The van der Waals surface area contributed by atoms with Crippen molar-refractivity contribution in [3.05, 3.63) is 53.1 Å². The normalized spacial score (nSPS) is 27.0. The van der Waals surface area contributed by atoms with Gasteiger partial charge in [0.2, 0.25) is 0 Å². The van der Waals surface area contributed by atoms with E-state index in [1.807, 2.05) is 12.5 Å². The number of aliphatic hydroxyl groups is 1. The second-order valence-corrected chi connectivity index (χ2v) is 8.77. The minimum atomic E-state index is 0.0392. The van der Waals surface area contributed by atoms with Crippen molar-refractivity contribution in [2.75, 3.05) is 7.11 Å². The van der Waals surface area contributed by atoms with Crippen LogP contribution >= 0.6 is 0 Å². The largest absolute Gasteiger partial charge is 0.400 e. The molecule has 0 aliphatic heterocycles. The lowest BCUT2D eigenvalue weighted by Gasteiger charge is -2.26. The molecular formula is C23H35N3O. The summed E-state index contributed by atoms with van der Waals surface area (Å²) in [5.41, 5.74) is 12.4. The van der Waals surface area contributed by atoms with Crippen molar-refractivity contribution < 1.29 is 5.11 Å². The quantitative estimate of drug-likeness (QED) is 0.863. The van der Waals surface area contributed by atoms with Crippen LogP contribution in [0.3, 0.4) is 0 Å². The van der Waals surface area contributed by atoms with Crippen LogP contribution in [0.1, 0.15) is 67.3 Å². The lowest BCUT2D eigenvalue weighted by molar-refractivity contribution is 0.399. The fourth-order valence-corrected chi connectivity index (χ4v) is 4.88. The molecule has 3 atom stereocenters. The number of fused-ring (bicyclic) bond motifs is 1. The van der Waals surface area contributed by atoms with E-state index in [0.29, 0.717) is 5.92 Å². The molecule has 4 heteroatoms. The van der Waals surface area contributed by atoms with Gasteiger partial charge in [0.1, 0.15) is 0 Å². The minimum absolute atomic E-state index is 0.0392. The Kier molecular flexibility index (Phi) is 6.38. The zero-order valence-electron chi connectivity index (χ0n) is 17.1. The third-order valence-corrected chi connectivity index (χ3v) is 6.53. The van der Waals surface area contributed by atoms with Gasteiger partial charge in [-0.3, -0.25) is 0 Å². The van der Waals surface area contributed by atoms with Crippen LogP contribution < -0.4 is 5.73 Å². The number of hydrogen-bond donors (Lipinski definition) is 2. The van der Waals surface area contributed by atoms with E-state index in [-0.39, 0.29) is 5.54 Å². The summed E-state index contributed by atoms with van der Waals surface area (Å²) < 4.78 is 2.15.